The monoisotopic (exact) mass is 276 g/mol. The maximum Gasteiger partial charge on any atom is 0.234 e. The number of hydrogen-bond donors (Lipinski definition) is 2. The van der Waals surface area contributed by atoms with E-state index >= 15 is 0 Å². The van der Waals surface area contributed by atoms with Gasteiger partial charge in [0.2, 0.25) is 5.91 Å². The van der Waals surface area contributed by atoms with Crippen LogP contribution in [0.1, 0.15) is 38.3 Å². The Labute approximate surface area is 120 Å². The van der Waals surface area contributed by atoms with Crippen molar-refractivity contribution in [2.24, 2.45) is 0 Å². The smallest absolute Gasteiger partial charge is 0.234 e. The van der Waals surface area contributed by atoms with E-state index in [0.717, 1.165) is 31.5 Å². The molecule has 0 bridgehead atoms. The normalized spacial score (nSPS) is 20.4. The van der Waals surface area contributed by atoms with E-state index in [1.807, 2.05) is 44.2 Å². The van der Waals surface area contributed by atoms with Crippen LogP contribution in [0.4, 0.5) is 0 Å². The Morgan fingerprint density at radius 3 is 2.55 bits per heavy atom. The predicted molar refractivity (Wildman–Crippen MR) is 79.3 cm³/mol. The van der Waals surface area contributed by atoms with Crippen LogP contribution in [0.5, 0.6) is 0 Å². The zero-order chi connectivity index (χ0) is 14.6. The summed E-state index contributed by atoms with van der Waals surface area (Å²) in [5, 5.41) is 12.9. The van der Waals surface area contributed by atoms with Crippen molar-refractivity contribution in [3.63, 3.8) is 0 Å². The minimum atomic E-state index is -0.565. The third-order valence-electron chi connectivity index (χ3n) is 3.98. The van der Waals surface area contributed by atoms with Crippen LogP contribution < -0.4 is 5.32 Å². The molecule has 0 spiro atoms. The van der Waals surface area contributed by atoms with Gasteiger partial charge in [-0.25, -0.2) is 0 Å². The van der Waals surface area contributed by atoms with Crippen LogP contribution in [-0.4, -0.2) is 41.1 Å². The predicted octanol–water partition coefficient (Wildman–Crippen LogP) is 1.71. The molecule has 0 aliphatic carbocycles. The first kappa shape index (κ1) is 15.0. The van der Waals surface area contributed by atoms with Crippen LogP contribution in [0.25, 0.3) is 0 Å². The molecule has 4 nitrogen and oxygen atoms in total. The Hall–Kier alpha value is -1.39. The third kappa shape index (κ3) is 4.32. The molecule has 1 unspecified atom stereocenters. The molecule has 1 aromatic carbocycles. The van der Waals surface area contributed by atoms with Gasteiger partial charge in [0.1, 0.15) is 0 Å². The summed E-state index contributed by atoms with van der Waals surface area (Å²) >= 11 is 0. The number of carbonyl (C=O) groups excluding carboxylic acids is 1. The number of rotatable bonds is 4. The van der Waals surface area contributed by atoms with Gasteiger partial charge < -0.3 is 10.4 Å². The van der Waals surface area contributed by atoms with Crippen molar-refractivity contribution in [3.8, 4) is 0 Å². The van der Waals surface area contributed by atoms with Crippen LogP contribution in [0.3, 0.4) is 0 Å². The van der Waals surface area contributed by atoms with Gasteiger partial charge in [0.05, 0.1) is 18.2 Å². The number of nitrogens with zero attached hydrogens (tertiary/aromatic N) is 1. The Morgan fingerprint density at radius 1 is 1.35 bits per heavy atom. The summed E-state index contributed by atoms with van der Waals surface area (Å²) in [6.45, 7) is 5.82. The lowest BCUT2D eigenvalue weighted by Crippen LogP contribution is -2.46. The molecule has 110 valence electrons. The molecule has 0 aromatic heterocycles. The van der Waals surface area contributed by atoms with Gasteiger partial charge in [-0.2, -0.15) is 0 Å². The van der Waals surface area contributed by atoms with Crippen LogP contribution in [-0.2, 0) is 4.79 Å². The van der Waals surface area contributed by atoms with Gasteiger partial charge in [0.15, 0.2) is 0 Å². The average molecular weight is 276 g/mol. The Morgan fingerprint density at radius 2 is 1.95 bits per heavy atom. The van der Waals surface area contributed by atoms with Crippen molar-refractivity contribution in [3.05, 3.63) is 35.9 Å². The van der Waals surface area contributed by atoms with Crippen molar-refractivity contribution >= 4 is 5.91 Å². The highest BCUT2D eigenvalue weighted by molar-refractivity contribution is 5.78. The molecule has 2 rings (SSSR count). The molecule has 1 aliphatic heterocycles. The minimum Gasteiger partial charge on any atom is -0.390 e. The Bertz CT molecular complexity index is 435. The molecule has 1 saturated heterocycles. The molecule has 1 aliphatic rings. The van der Waals surface area contributed by atoms with Crippen LogP contribution in [0.2, 0.25) is 0 Å². The number of carbonyl (C=O) groups is 1. The van der Waals surface area contributed by atoms with Gasteiger partial charge in [0.25, 0.3) is 0 Å². The van der Waals surface area contributed by atoms with Gasteiger partial charge in [-0.05, 0) is 32.3 Å². The third-order valence-corrected chi connectivity index (χ3v) is 3.98. The summed E-state index contributed by atoms with van der Waals surface area (Å²) in [4.78, 5) is 14.1. The molecule has 4 heteroatoms. The lowest BCUT2D eigenvalue weighted by Gasteiger charge is -2.35. The standard InChI is InChI=1S/C16H24N2O2/c1-13(14-6-4-3-5-7-14)17-15(19)12-18-10-8-16(2,20)9-11-18/h3-7,13,20H,8-12H2,1-2H3,(H,17,19). The maximum atomic E-state index is 12.0. The Balaban J connectivity index is 1.79. The molecule has 0 saturated carbocycles. The second-order valence-corrected chi connectivity index (χ2v) is 5.97. The van der Waals surface area contributed by atoms with Gasteiger partial charge in [0, 0.05) is 13.1 Å². The molecule has 0 radical (unpaired) electrons. The first-order valence-electron chi connectivity index (χ1n) is 7.25. The summed E-state index contributed by atoms with van der Waals surface area (Å²) in [6.07, 6.45) is 1.46. The fourth-order valence-electron chi connectivity index (χ4n) is 2.51. The molecule has 1 amide bonds. The summed E-state index contributed by atoms with van der Waals surface area (Å²) < 4.78 is 0. The number of benzene rings is 1. The van der Waals surface area contributed by atoms with Crippen molar-refractivity contribution in [2.45, 2.75) is 38.3 Å². The van der Waals surface area contributed by atoms with Crippen molar-refractivity contribution in [2.75, 3.05) is 19.6 Å². The molecule has 2 N–H and O–H groups in total. The lowest BCUT2D eigenvalue weighted by molar-refractivity contribution is -0.124. The molecule has 1 fully saturated rings. The zero-order valence-electron chi connectivity index (χ0n) is 12.3. The number of hydrogen-bond acceptors (Lipinski definition) is 3. The van der Waals surface area contributed by atoms with E-state index in [2.05, 4.69) is 10.2 Å². The summed E-state index contributed by atoms with van der Waals surface area (Å²) in [5.41, 5.74) is 0.548. The highest BCUT2D eigenvalue weighted by Gasteiger charge is 2.28. The lowest BCUT2D eigenvalue weighted by atomic mass is 9.94. The number of aliphatic hydroxyl groups is 1. The summed E-state index contributed by atoms with van der Waals surface area (Å²) in [5.74, 6) is 0.0443. The first-order valence-corrected chi connectivity index (χ1v) is 7.25. The van der Waals surface area contributed by atoms with E-state index in [1.165, 1.54) is 0 Å². The zero-order valence-corrected chi connectivity index (χ0v) is 12.3. The number of piperidine rings is 1. The van der Waals surface area contributed by atoms with Gasteiger partial charge in [-0.3, -0.25) is 9.69 Å². The minimum absolute atomic E-state index is 0.0246. The quantitative estimate of drug-likeness (QED) is 0.880. The van der Waals surface area contributed by atoms with Crippen LogP contribution >= 0.6 is 0 Å². The second kappa shape index (κ2) is 6.37. The summed E-state index contributed by atoms with van der Waals surface area (Å²) in [7, 11) is 0. The van der Waals surface area contributed by atoms with E-state index in [-0.39, 0.29) is 11.9 Å². The van der Waals surface area contributed by atoms with E-state index in [4.69, 9.17) is 0 Å². The van der Waals surface area contributed by atoms with Gasteiger partial charge >= 0.3 is 0 Å². The van der Waals surface area contributed by atoms with Crippen molar-refractivity contribution < 1.29 is 9.90 Å². The molecular weight excluding hydrogens is 252 g/mol. The molecule has 20 heavy (non-hydrogen) atoms. The van der Waals surface area contributed by atoms with Crippen molar-refractivity contribution in [1.82, 2.24) is 10.2 Å². The van der Waals surface area contributed by atoms with E-state index < -0.39 is 5.60 Å². The molecule has 1 heterocycles. The first-order chi connectivity index (χ1) is 9.46. The van der Waals surface area contributed by atoms with Crippen LogP contribution in [0, 0.1) is 0 Å². The van der Waals surface area contributed by atoms with E-state index in [0.29, 0.717) is 6.54 Å². The van der Waals surface area contributed by atoms with Crippen molar-refractivity contribution in [1.29, 1.82) is 0 Å². The highest BCUT2D eigenvalue weighted by atomic mass is 16.3. The van der Waals surface area contributed by atoms with Crippen LogP contribution in [0.15, 0.2) is 30.3 Å². The van der Waals surface area contributed by atoms with E-state index in [1.54, 1.807) is 0 Å². The van der Waals surface area contributed by atoms with E-state index in [9.17, 15) is 9.90 Å². The average Bonchev–Trinajstić information content (AvgIpc) is 2.42. The number of likely N-dealkylation sites (tertiary alicyclic amines) is 1. The Kier molecular flexibility index (Phi) is 4.78. The fraction of sp³-hybridized carbons (Fsp3) is 0.562. The van der Waals surface area contributed by atoms with Gasteiger partial charge in [-0.15, -0.1) is 0 Å². The van der Waals surface area contributed by atoms with Gasteiger partial charge in [-0.1, -0.05) is 30.3 Å². The molecule has 1 aromatic rings. The second-order valence-electron chi connectivity index (χ2n) is 5.97. The fourth-order valence-corrected chi connectivity index (χ4v) is 2.51. The summed E-state index contributed by atoms with van der Waals surface area (Å²) in [6, 6.07) is 9.98. The SMILES string of the molecule is CC(NC(=O)CN1CCC(C)(O)CC1)c1ccccc1. The maximum absolute atomic E-state index is 12.0. The number of amides is 1. The number of nitrogens with one attached hydrogen (secondary N) is 1. The topological polar surface area (TPSA) is 52.6 Å². The largest absolute Gasteiger partial charge is 0.390 e. The molecular formula is C16H24N2O2. The highest BCUT2D eigenvalue weighted by Crippen LogP contribution is 2.20. The molecule has 1 atom stereocenters.